The number of hydrogen-bond acceptors (Lipinski definition) is 5. The Kier molecular flexibility index (Phi) is 11.7. The van der Waals surface area contributed by atoms with E-state index in [2.05, 4.69) is 27.2 Å². The van der Waals surface area contributed by atoms with E-state index in [0.717, 1.165) is 51.3 Å². The number of esters is 1. The van der Waals surface area contributed by atoms with Crippen LogP contribution in [0.25, 0.3) is 0 Å². The van der Waals surface area contributed by atoms with Crippen LogP contribution in [0.2, 0.25) is 0 Å². The van der Waals surface area contributed by atoms with Crippen LogP contribution < -0.4 is 5.32 Å². The van der Waals surface area contributed by atoms with Crippen LogP contribution in [0.3, 0.4) is 0 Å². The lowest BCUT2D eigenvalue weighted by molar-refractivity contribution is -0.127. The number of rotatable bonds is 8. The fourth-order valence-corrected chi connectivity index (χ4v) is 3.15. The minimum absolute atomic E-state index is 0. The SMILES string of the molecule is CCCCNC(=NCC(=O)N(C)C)N1CCCC(n2cc(C(=O)OCC)cn2)C1.I. The number of likely N-dealkylation sites (tertiary alicyclic amines) is 1. The highest BCUT2D eigenvalue weighted by Gasteiger charge is 2.25. The van der Waals surface area contributed by atoms with E-state index in [1.807, 2.05) is 4.68 Å². The molecule has 1 N–H and O–H groups in total. The number of likely N-dealkylation sites (N-methyl/N-ethyl adjacent to an activating group) is 1. The maximum Gasteiger partial charge on any atom is 0.341 e. The van der Waals surface area contributed by atoms with Crippen molar-refractivity contribution < 1.29 is 14.3 Å². The molecule has 2 heterocycles. The summed E-state index contributed by atoms with van der Waals surface area (Å²) < 4.78 is 6.89. The minimum Gasteiger partial charge on any atom is -0.462 e. The maximum atomic E-state index is 12.0. The third-order valence-electron chi connectivity index (χ3n) is 4.86. The van der Waals surface area contributed by atoms with E-state index in [-0.39, 0.29) is 48.4 Å². The van der Waals surface area contributed by atoms with Crippen molar-refractivity contribution in [3.63, 3.8) is 0 Å². The number of aromatic nitrogens is 2. The first-order valence-corrected chi connectivity index (χ1v) is 10.4. The normalized spacial score (nSPS) is 16.6. The van der Waals surface area contributed by atoms with Crippen molar-refractivity contribution in [3.05, 3.63) is 18.0 Å². The van der Waals surface area contributed by atoms with Gasteiger partial charge in [-0.05, 0) is 26.2 Å². The highest BCUT2D eigenvalue weighted by atomic mass is 127. The number of guanidine groups is 1. The number of carbonyl (C=O) groups excluding carboxylic acids is 2. The number of ether oxygens (including phenoxy) is 1. The van der Waals surface area contributed by atoms with Crippen LogP contribution in [-0.2, 0) is 9.53 Å². The van der Waals surface area contributed by atoms with Crippen molar-refractivity contribution in [3.8, 4) is 0 Å². The molecule has 1 aliphatic heterocycles. The Hall–Kier alpha value is -1.85. The van der Waals surface area contributed by atoms with E-state index in [4.69, 9.17) is 4.74 Å². The van der Waals surface area contributed by atoms with E-state index in [1.54, 1.807) is 38.3 Å². The maximum absolute atomic E-state index is 12.0. The van der Waals surface area contributed by atoms with Crippen molar-refractivity contribution in [1.29, 1.82) is 0 Å². The molecule has 1 amide bonds. The molecule has 1 aromatic heterocycles. The molecule has 0 aromatic carbocycles. The highest BCUT2D eigenvalue weighted by molar-refractivity contribution is 14.0. The second kappa shape index (κ2) is 13.5. The monoisotopic (exact) mass is 534 g/mol. The molecule has 170 valence electrons. The molecule has 1 saturated heterocycles. The Morgan fingerprint density at radius 3 is 2.80 bits per heavy atom. The molecule has 1 aliphatic rings. The predicted molar refractivity (Wildman–Crippen MR) is 127 cm³/mol. The molecule has 0 saturated carbocycles. The minimum atomic E-state index is -0.350. The first-order valence-electron chi connectivity index (χ1n) is 10.4. The van der Waals surface area contributed by atoms with Gasteiger partial charge in [0.25, 0.3) is 0 Å². The Balaban J connectivity index is 0.00000450. The average Bonchev–Trinajstić information content (AvgIpc) is 3.21. The lowest BCUT2D eigenvalue weighted by Gasteiger charge is -2.35. The van der Waals surface area contributed by atoms with Crippen LogP contribution in [-0.4, -0.2) is 84.3 Å². The van der Waals surface area contributed by atoms with Gasteiger partial charge in [0, 0.05) is 39.9 Å². The molecule has 0 radical (unpaired) electrons. The zero-order chi connectivity index (χ0) is 21.2. The first-order chi connectivity index (χ1) is 14.0. The second-order valence-corrected chi connectivity index (χ2v) is 7.38. The summed E-state index contributed by atoms with van der Waals surface area (Å²) in [6, 6.07) is 0.134. The highest BCUT2D eigenvalue weighted by Crippen LogP contribution is 2.21. The van der Waals surface area contributed by atoms with Gasteiger partial charge in [-0.25, -0.2) is 9.79 Å². The molecular weight excluding hydrogens is 499 g/mol. The van der Waals surface area contributed by atoms with Crippen molar-refractivity contribution in [2.75, 3.05) is 46.9 Å². The second-order valence-electron chi connectivity index (χ2n) is 7.38. The molecule has 0 spiro atoms. The first kappa shape index (κ1) is 26.2. The molecule has 30 heavy (non-hydrogen) atoms. The molecule has 9 nitrogen and oxygen atoms in total. The largest absolute Gasteiger partial charge is 0.462 e. The Labute approximate surface area is 196 Å². The van der Waals surface area contributed by atoms with Gasteiger partial charge in [0.05, 0.1) is 24.4 Å². The van der Waals surface area contributed by atoms with Gasteiger partial charge in [-0.2, -0.15) is 5.10 Å². The predicted octanol–water partition coefficient (Wildman–Crippen LogP) is 2.15. The molecule has 1 aromatic rings. The number of nitrogens with zero attached hydrogens (tertiary/aromatic N) is 5. The number of unbranched alkanes of at least 4 members (excludes halogenated alkanes) is 1. The summed E-state index contributed by atoms with van der Waals surface area (Å²) in [7, 11) is 3.47. The summed E-state index contributed by atoms with van der Waals surface area (Å²) in [5.74, 6) is 0.382. The molecule has 1 fully saturated rings. The number of carbonyl (C=O) groups is 2. The third kappa shape index (κ3) is 7.77. The summed E-state index contributed by atoms with van der Waals surface area (Å²) in [4.78, 5) is 32.2. The van der Waals surface area contributed by atoms with Crippen molar-refractivity contribution >= 4 is 41.8 Å². The van der Waals surface area contributed by atoms with E-state index in [1.165, 1.54) is 0 Å². The smallest absolute Gasteiger partial charge is 0.341 e. The summed E-state index contributed by atoms with van der Waals surface area (Å²) >= 11 is 0. The number of nitrogens with one attached hydrogen (secondary N) is 1. The van der Waals surface area contributed by atoms with Crippen molar-refractivity contribution in [1.82, 2.24) is 24.9 Å². The number of aliphatic imine (C=N–C) groups is 1. The van der Waals surface area contributed by atoms with Gasteiger partial charge in [0.15, 0.2) is 5.96 Å². The molecule has 0 aliphatic carbocycles. The summed E-state index contributed by atoms with van der Waals surface area (Å²) in [6.07, 6.45) is 7.39. The molecular formula is C20H35IN6O3. The summed E-state index contributed by atoms with van der Waals surface area (Å²) in [6.45, 7) is 6.81. The third-order valence-corrected chi connectivity index (χ3v) is 4.86. The van der Waals surface area contributed by atoms with Gasteiger partial charge < -0.3 is 19.9 Å². The molecule has 10 heteroatoms. The fourth-order valence-electron chi connectivity index (χ4n) is 3.15. The van der Waals surface area contributed by atoms with Gasteiger partial charge in [-0.1, -0.05) is 13.3 Å². The van der Waals surface area contributed by atoms with Crippen molar-refractivity contribution in [2.24, 2.45) is 4.99 Å². The van der Waals surface area contributed by atoms with Crippen LogP contribution >= 0.6 is 24.0 Å². The van der Waals surface area contributed by atoms with Crippen molar-refractivity contribution in [2.45, 2.75) is 45.6 Å². The van der Waals surface area contributed by atoms with Gasteiger partial charge >= 0.3 is 5.97 Å². The van der Waals surface area contributed by atoms with Crippen LogP contribution in [0, 0.1) is 0 Å². The van der Waals surface area contributed by atoms with E-state index < -0.39 is 0 Å². The quantitative estimate of drug-likeness (QED) is 0.181. The van der Waals surface area contributed by atoms with Gasteiger partial charge in [-0.15, -0.1) is 24.0 Å². The zero-order valence-electron chi connectivity index (χ0n) is 18.5. The number of halogens is 1. The lowest BCUT2D eigenvalue weighted by Crippen LogP contribution is -2.47. The number of hydrogen-bond donors (Lipinski definition) is 1. The number of piperidine rings is 1. The van der Waals surface area contributed by atoms with Crippen LogP contribution in [0.4, 0.5) is 0 Å². The Morgan fingerprint density at radius 1 is 1.37 bits per heavy atom. The van der Waals surface area contributed by atoms with E-state index in [9.17, 15) is 9.59 Å². The Bertz CT molecular complexity index is 706. The van der Waals surface area contributed by atoms with Gasteiger partial charge in [0.1, 0.15) is 6.54 Å². The zero-order valence-corrected chi connectivity index (χ0v) is 20.8. The molecule has 0 bridgehead atoms. The molecule has 1 atom stereocenters. The van der Waals surface area contributed by atoms with E-state index in [0.29, 0.717) is 12.2 Å². The summed E-state index contributed by atoms with van der Waals surface area (Å²) in [5.41, 5.74) is 0.468. The molecule has 2 rings (SSSR count). The van der Waals surface area contributed by atoms with Gasteiger partial charge in [-0.3, -0.25) is 9.48 Å². The van der Waals surface area contributed by atoms with Crippen LogP contribution in [0.5, 0.6) is 0 Å². The fraction of sp³-hybridized carbons (Fsp3) is 0.700. The Morgan fingerprint density at radius 2 is 2.13 bits per heavy atom. The topological polar surface area (TPSA) is 92.1 Å². The average molecular weight is 534 g/mol. The number of amides is 1. The van der Waals surface area contributed by atoms with E-state index >= 15 is 0 Å². The van der Waals surface area contributed by atoms with Crippen LogP contribution in [0.15, 0.2) is 17.4 Å². The summed E-state index contributed by atoms with van der Waals surface area (Å²) in [5, 5.41) is 7.78. The van der Waals surface area contributed by atoms with Crippen LogP contribution in [0.1, 0.15) is 55.9 Å². The standard InChI is InChI=1S/C20H34N6O3.HI/c1-5-7-10-21-20(22-13-18(27)24(3)4)25-11-8-9-17(15-25)26-14-16(12-23-26)19(28)29-6-2;/h12,14,17H,5-11,13,15H2,1-4H3,(H,21,22);1H. The molecule has 1 unspecified atom stereocenters. The lowest BCUT2D eigenvalue weighted by atomic mass is 10.1. The van der Waals surface area contributed by atoms with Gasteiger partial charge in [0.2, 0.25) is 5.91 Å².